The van der Waals surface area contributed by atoms with Gasteiger partial charge in [-0.2, -0.15) is 0 Å². The fourth-order valence-corrected chi connectivity index (χ4v) is 4.92. The molecule has 1 aliphatic carbocycles. The Kier molecular flexibility index (Phi) is 4.20. The number of rotatable bonds is 3. The summed E-state index contributed by atoms with van der Waals surface area (Å²) in [4.78, 5) is 13.9. The van der Waals surface area contributed by atoms with Gasteiger partial charge < -0.3 is 10.6 Å². The minimum atomic E-state index is -2.95. The Morgan fingerprint density at radius 2 is 1.95 bits per heavy atom. The summed E-state index contributed by atoms with van der Waals surface area (Å²) >= 11 is 0. The van der Waals surface area contributed by atoms with Crippen LogP contribution in [0.1, 0.15) is 44.9 Å². The van der Waals surface area contributed by atoms with E-state index in [0.717, 1.165) is 25.7 Å². The van der Waals surface area contributed by atoms with E-state index in [4.69, 9.17) is 5.73 Å². The van der Waals surface area contributed by atoms with Gasteiger partial charge in [-0.3, -0.25) is 4.79 Å². The van der Waals surface area contributed by atoms with Crippen molar-refractivity contribution in [3.63, 3.8) is 0 Å². The second-order valence-corrected chi connectivity index (χ2v) is 8.39. The van der Waals surface area contributed by atoms with Crippen molar-refractivity contribution in [3.05, 3.63) is 0 Å². The summed E-state index contributed by atoms with van der Waals surface area (Å²) in [6.07, 6.45) is 6.08. The Labute approximate surface area is 115 Å². The summed E-state index contributed by atoms with van der Waals surface area (Å²) in [7, 11) is -1.24. The maximum atomic E-state index is 12.3. The van der Waals surface area contributed by atoms with Crippen molar-refractivity contribution in [1.82, 2.24) is 4.90 Å². The molecule has 1 unspecified atom stereocenters. The van der Waals surface area contributed by atoms with Crippen LogP contribution in [0.15, 0.2) is 0 Å². The Hall–Kier alpha value is -0.620. The molecule has 2 rings (SSSR count). The number of nitrogens with two attached hydrogens (primary N) is 1. The second-order valence-electron chi connectivity index (χ2n) is 6.16. The van der Waals surface area contributed by atoms with Crippen molar-refractivity contribution < 1.29 is 13.2 Å². The van der Waals surface area contributed by atoms with Crippen molar-refractivity contribution in [2.24, 2.45) is 5.73 Å². The van der Waals surface area contributed by atoms with E-state index in [0.29, 0.717) is 12.8 Å². The highest BCUT2D eigenvalue weighted by molar-refractivity contribution is 7.91. The van der Waals surface area contributed by atoms with Crippen LogP contribution in [0.25, 0.3) is 0 Å². The van der Waals surface area contributed by atoms with Gasteiger partial charge in [0, 0.05) is 25.0 Å². The molecule has 110 valence electrons. The average molecular weight is 288 g/mol. The molecule has 0 radical (unpaired) electrons. The van der Waals surface area contributed by atoms with Crippen molar-refractivity contribution >= 4 is 15.7 Å². The number of carbonyl (C=O) groups is 1. The fraction of sp³-hybridized carbons (Fsp3) is 0.923. The smallest absolute Gasteiger partial charge is 0.224 e. The van der Waals surface area contributed by atoms with E-state index in [1.54, 1.807) is 11.9 Å². The molecule has 5 nitrogen and oxygen atoms in total. The summed E-state index contributed by atoms with van der Waals surface area (Å²) in [5, 5.41) is 0. The molecule has 1 atom stereocenters. The number of sulfone groups is 1. The van der Waals surface area contributed by atoms with Crippen molar-refractivity contribution in [3.8, 4) is 0 Å². The lowest BCUT2D eigenvalue weighted by Crippen LogP contribution is -2.48. The highest BCUT2D eigenvalue weighted by atomic mass is 32.2. The molecule has 6 heteroatoms. The first-order chi connectivity index (χ1) is 8.81. The molecule has 0 aromatic rings. The lowest BCUT2D eigenvalue weighted by molar-refractivity contribution is -0.133. The molecule has 0 aromatic heterocycles. The maximum absolute atomic E-state index is 12.3. The molecule has 1 saturated heterocycles. The number of amides is 1. The van der Waals surface area contributed by atoms with E-state index < -0.39 is 9.84 Å². The Bertz CT molecular complexity index is 441. The van der Waals surface area contributed by atoms with Crippen LogP contribution in [0.4, 0.5) is 0 Å². The van der Waals surface area contributed by atoms with Crippen LogP contribution < -0.4 is 5.73 Å². The lowest BCUT2D eigenvalue weighted by atomic mass is 9.80. The molecule has 0 aromatic carbocycles. The second kappa shape index (κ2) is 5.40. The number of hydrogen-bond donors (Lipinski definition) is 1. The largest absolute Gasteiger partial charge is 0.342 e. The number of carbonyl (C=O) groups excluding carboxylic acids is 1. The topological polar surface area (TPSA) is 80.5 Å². The predicted octanol–water partition coefficient (Wildman–Crippen LogP) is 0.684. The molecule has 2 aliphatic rings. The van der Waals surface area contributed by atoms with Crippen LogP contribution in [-0.2, 0) is 14.6 Å². The van der Waals surface area contributed by atoms with Gasteiger partial charge in [0.2, 0.25) is 5.91 Å². The molecule has 2 N–H and O–H groups in total. The first-order valence-electron chi connectivity index (χ1n) is 7.06. The summed E-state index contributed by atoms with van der Waals surface area (Å²) in [6, 6.07) is -0.162. The van der Waals surface area contributed by atoms with Gasteiger partial charge in [0.25, 0.3) is 0 Å². The minimum Gasteiger partial charge on any atom is -0.342 e. The van der Waals surface area contributed by atoms with Crippen LogP contribution in [0.2, 0.25) is 0 Å². The van der Waals surface area contributed by atoms with Gasteiger partial charge in [-0.25, -0.2) is 8.42 Å². The Morgan fingerprint density at radius 1 is 1.32 bits per heavy atom. The average Bonchev–Trinajstić information content (AvgIpc) is 2.69. The van der Waals surface area contributed by atoms with E-state index in [1.165, 1.54) is 6.42 Å². The van der Waals surface area contributed by atoms with Gasteiger partial charge in [0.1, 0.15) is 0 Å². The van der Waals surface area contributed by atoms with Crippen molar-refractivity contribution in [2.45, 2.75) is 56.5 Å². The number of hydrogen-bond acceptors (Lipinski definition) is 4. The third kappa shape index (κ3) is 3.69. The zero-order valence-electron chi connectivity index (χ0n) is 11.6. The van der Waals surface area contributed by atoms with Crippen molar-refractivity contribution in [2.75, 3.05) is 18.6 Å². The number of nitrogens with zero attached hydrogens (tertiary/aromatic N) is 1. The van der Waals surface area contributed by atoms with Gasteiger partial charge in [-0.05, 0) is 19.3 Å². The third-order valence-corrected chi connectivity index (χ3v) is 6.25. The Balaban J connectivity index is 1.92. The zero-order chi connectivity index (χ0) is 14.1. The Morgan fingerprint density at radius 3 is 2.47 bits per heavy atom. The molecule has 1 amide bonds. The molecule has 19 heavy (non-hydrogen) atoms. The van der Waals surface area contributed by atoms with E-state index >= 15 is 0 Å². The van der Waals surface area contributed by atoms with E-state index in [1.807, 2.05) is 0 Å². The molecule has 1 saturated carbocycles. The van der Waals surface area contributed by atoms with E-state index in [9.17, 15) is 13.2 Å². The third-order valence-electron chi connectivity index (χ3n) is 4.50. The first kappa shape index (κ1) is 14.8. The van der Waals surface area contributed by atoms with Gasteiger partial charge in [-0.1, -0.05) is 19.3 Å². The molecular formula is C13H24N2O3S. The lowest BCUT2D eigenvalue weighted by Gasteiger charge is -2.35. The van der Waals surface area contributed by atoms with Gasteiger partial charge in [-0.15, -0.1) is 0 Å². The molecule has 0 bridgehead atoms. The first-order valence-corrected chi connectivity index (χ1v) is 8.88. The summed E-state index contributed by atoms with van der Waals surface area (Å²) < 4.78 is 22.9. The molecule has 0 spiro atoms. The predicted molar refractivity (Wildman–Crippen MR) is 74.4 cm³/mol. The van der Waals surface area contributed by atoms with E-state index in [2.05, 4.69) is 0 Å². The quantitative estimate of drug-likeness (QED) is 0.828. The van der Waals surface area contributed by atoms with Crippen LogP contribution in [0, 0.1) is 0 Å². The standard InChI is InChI=1S/C13H24N2O3S/c1-15(11-5-8-19(17,18)10-11)12(16)9-13(14)6-3-2-4-7-13/h11H,2-10,14H2,1H3. The maximum Gasteiger partial charge on any atom is 0.224 e. The molecule has 1 heterocycles. The van der Waals surface area contributed by atoms with Crippen LogP contribution in [0.3, 0.4) is 0 Å². The minimum absolute atomic E-state index is 0.00787. The van der Waals surface area contributed by atoms with Gasteiger partial charge in [0.05, 0.1) is 11.5 Å². The zero-order valence-corrected chi connectivity index (χ0v) is 12.4. The normalized spacial score (nSPS) is 29.1. The van der Waals surface area contributed by atoms with Crippen LogP contribution in [0.5, 0.6) is 0 Å². The summed E-state index contributed by atoms with van der Waals surface area (Å²) in [6.45, 7) is 0. The highest BCUT2D eigenvalue weighted by Crippen LogP contribution is 2.29. The summed E-state index contributed by atoms with van der Waals surface area (Å²) in [5.74, 6) is 0.294. The monoisotopic (exact) mass is 288 g/mol. The van der Waals surface area contributed by atoms with E-state index in [-0.39, 0.29) is 29.0 Å². The van der Waals surface area contributed by atoms with Crippen molar-refractivity contribution in [1.29, 1.82) is 0 Å². The van der Waals surface area contributed by atoms with Crippen LogP contribution >= 0.6 is 0 Å². The van der Waals surface area contributed by atoms with Gasteiger partial charge >= 0.3 is 0 Å². The molecule has 1 aliphatic heterocycles. The highest BCUT2D eigenvalue weighted by Gasteiger charge is 2.36. The molecule has 2 fully saturated rings. The molecular weight excluding hydrogens is 264 g/mol. The van der Waals surface area contributed by atoms with Crippen LogP contribution in [-0.4, -0.2) is 49.4 Å². The summed E-state index contributed by atoms with van der Waals surface area (Å²) in [5.41, 5.74) is 5.91. The fourth-order valence-electron chi connectivity index (χ4n) is 3.14. The van der Waals surface area contributed by atoms with Gasteiger partial charge in [0.15, 0.2) is 9.84 Å². The SMILES string of the molecule is CN(C(=O)CC1(N)CCCCC1)C1CCS(=O)(=O)C1.